The molecule has 6 heteroatoms. The van der Waals surface area contributed by atoms with E-state index in [2.05, 4.69) is 21.8 Å². The van der Waals surface area contributed by atoms with E-state index < -0.39 is 0 Å². The van der Waals surface area contributed by atoms with Crippen molar-refractivity contribution in [2.45, 2.75) is 43.8 Å². The lowest BCUT2D eigenvalue weighted by atomic mass is 10.00. The summed E-state index contributed by atoms with van der Waals surface area (Å²) in [6.07, 6.45) is 4.48. The largest absolute Gasteiger partial charge is 0.348 e. The van der Waals surface area contributed by atoms with Gasteiger partial charge in [-0.15, -0.1) is 11.3 Å². The number of piperidine rings is 1. The first-order valence-corrected chi connectivity index (χ1v) is 10.4. The number of amides is 1. The molecule has 2 saturated heterocycles. The van der Waals surface area contributed by atoms with Crippen LogP contribution in [0.2, 0.25) is 0 Å². The number of carbonyl (C=O) groups excluding carboxylic acids is 1. The van der Waals surface area contributed by atoms with E-state index in [0.717, 1.165) is 29.1 Å². The smallest absolute Gasteiger partial charge is 0.272 e. The molecule has 1 aromatic carbocycles. The van der Waals surface area contributed by atoms with Crippen LogP contribution in [0.1, 0.15) is 36.2 Å². The van der Waals surface area contributed by atoms with E-state index in [-0.39, 0.29) is 11.9 Å². The minimum absolute atomic E-state index is 0.0752. The molecule has 0 radical (unpaired) electrons. The van der Waals surface area contributed by atoms with Gasteiger partial charge in [-0.1, -0.05) is 24.3 Å². The molecule has 2 aliphatic rings. The number of rotatable bonds is 4. The van der Waals surface area contributed by atoms with E-state index in [1.165, 1.54) is 12.8 Å². The van der Waals surface area contributed by atoms with Crippen molar-refractivity contribution in [1.29, 1.82) is 0 Å². The monoisotopic (exact) mass is 378 g/mol. The number of hydrogen-bond acceptors (Lipinski definition) is 4. The Morgan fingerprint density at radius 2 is 1.89 bits per heavy atom. The summed E-state index contributed by atoms with van der Waals surface area (Å²) in [7, 11) is 0. The predicted molar refractivity (Wildman–Crippen MR) is 107 cm³/mol. The van der Waals surface area contributed by atoms with Crippen LogP contribution in [0.3, 0.4) is 0 Å². The molecule has 27 heavy (non-hydrogen) atoms. The van der Waals surface area contributed by atoms with Crippen LogP contribution in [0, 0.1) is 0 Å². The van der Waals surface area contributed by atoms with E-state index >= 15 is 0 Å². The summed E-state index contributed by atoms with van der Waals surface area (Å²) in [6, 6.07) is 17.3. The van der Waals surface area contributed by atoms with Crippen LogP contribution in [-0.4, -0.2) is 33.8 Å². The summed E-state index contributed by atoms with van der Waals surface area (Å²) in [5, 5.41) is 13.5. The lowest BCUT2D eigenvalue weighted by Gasteiger charge is -2.29. The molecule has 2 bridgehead atoms. The van der Waals surface area contributed by atoms with E-state index in [9.17, 15) is 4.79 Å². The van der Waals surface area contributed by atoms with Crippen molar-refractivity contribution in [3.63, 3.8) is 0 Å². The Bertz CT molecular complexity index is 923. The van der Waals surface area contributed by atoms with Crippen molar-refractivity contribution in [3.05, 3.63) is 59.6 Å². The SMILES string of the molecule is O=C(NC1CC2CCC(C1)N2)c1cc(-c2cccs2)n(-c2ccccc2)n1. The fourth-order valence-corrected chi connectivity index (χ4v) is 5.02. The zero-order valence-electron chi connectivity index (χ0n) is 15.0. The maximum atomic E-state index is 12.9. The third kappa shape index (κ3) is 3.31. The third-order valence-corrected chi connectivity index (χ3v) is 6.42. The standard InChI is InChI=1S/C21H22N4OS/c26-21(23-16-11-14-8-9-15(12-16)22-14)18-13-19(20-7-4-10-27-20)25(24-18)17-5-2-1-3-6-17/h1-7,10,13-16,22H,8-9,11-12H2,(H,23,26). The van der Waals surface area contributed by atoms with Gasteiger partial charge in [0.15, 0.2) is 5.69 Å². The summed E-state index contributed by atoms with van der Waals surface area (Å²) >= 11 is 1.65. The molecule has 2 aliphatic heterocycles. The third-order valence-electron chi connectivity index (χ3n) is 5.52. The first kappa shape index (κ1) is 16.7. The molecule has 2 unspecified atom stereocenters. The average molecular weight is 379 g/mol. The van der Waals surface area contributed by atoms with Crippen LogP contribution < -0.4 is 10.6 Å². The van der Waals surface area contributed by atoms with Gasteiger partial charge >= 0.3 is 0 Å². The molecule has 0 aliphatic carbocycles. The number of nitrogens with zero attached hydrogens (tertiary/aromatic N) is 2. The highest BCUT2D eigenvalue weighted by Gasteiger charge is 2.34. The minimum atomic E-state index is -0.0752. The second kappa shape index (κ2) is 6.94. The van der Waals surface area contributed by atoms with Gasteiger partial charge in [0.2, 0.25) is 0 Å². The maximum Gasteiger partial charge on any atom is 0.272 e. The van der Waals surface area contributed by atoms with Gasteiger partial charge in [-0.05, 0) is 55.3 Å². The van der Waals surface area contributed by atoms with Crippen molar-refractivity contribution in [3.8, 4) is 16.3 Å². The number of hydrogen-bond donors (Lipinski definition) is 2. The summed E-state index contributed by atoms with van der Waals surface area (Å²) in [5.41, 5.74) is 2.39. The Labute approximate surface area is 162 Å². The number of nitrogens with one attached hydrogen (secondary N) is 2. The quantitative estimate of drug-likeness (QED) is 0.729. The van der Waals surface area contributed by atoms with Crippen molar-refractivity contribution in [2.24, 2.45) is 0 Å². The first-order valence-electron chi connectivity index (χ1n) is 9.52. The molecule has 138 valence electrons. The second-order valence-electron chi connectivity index (χ2n) is 7.42. The van der Waals surface area contributed by atoms with Gasteiger partial charge in [0.1, 0.15) is 0 Å². The molecule has 2 N–H and O–H groups in total. The van der Waals surface area contributed by atoms with E-state index in [1.54, 1.807) is 11.3 Å². The van der Waals surface area contributed by atoms with Crippen LogP contribution in [0.4, 0.5) is 0 Å². The maximum absolute atomic E-state index is 12.9. The van der Waals surface area contributed by atoms with Gasteiger partial charge in [-0.2, -0.15) is 5.10 Å². The fraction of sp³-hybridized carbons (Fsp3) is 0.333. The number of aromatic nitrogens is 2. The first-order chi connectivity index (χ1) is 13.3. The molecule has 5 rings (SSSR count). The van der Waals surface area contributed by atoms with Crippen LogP contribution in [0.15, 0.2) is 53.9 Å². The Hall–Kier alpha value is -2.44. The van der Waals surface area contributed by atoms with Gasteiger partial charge in [0.25, 0.3) is 5.91 Å². The van der Waals surface area contributed by atoms with Crippen LogP contribution in [-0.2, 0) is 0 Å². The summed E-state index contributed by atoms with van der Waals surface area (Å²) < 4.78 is 1.87. The molecular formula is C21H22N4OS. The Balaban J connectivity index is 1.43. The lowest BCUT2D eigenvalue weighted by Crippen LogP contribution is -2.48. The molecule has 3 aromatic rings. The highest BCUT2D eigenvalue weighted by molar-refractivity contribution is 7.13. The Kier molecular flexibility index (Phi) is 4.30. The highest BCUT2D eigenvalue weighted by Crippen LogP contribution is 2.29. The number of thiophene rings is 1. The summed E-state index contributed by atoms with van der Waals surface area (Å²) in [4.78, 5) is 14.0. The van der Waals surface area contributed by atoms with E-state index in [1.807, 2.05) is 52.5 Å². The summed E-state index contributed by atoms with van der Waals surface area (Å²) in [6.45, 7) is 0. The normalized spacial score (nSPS) is 24.1. The van der Waals surface area contributed by atoms with Gasteiger partial charge in [-0.3, -0.25) is 4.79 Å². The van der Waals surface area contributed by atoms with Crippen LogP contribution >= 0.6 is 11.3 Å². The fourth-order valence-electron chi connectivity index (χ4n) is 4.29. The van der Waals surface area contributed by atoms with Gasteiger partial charge in [-0.25, -0.2) is 4.68 Å². The average Bonchev–Trinajstić information content (AvgIpc) is 3.42. The van der Waals surface area contributed by atoms with Crippen molar-refractivity contribution < 1.29 is 4.79 Å². The number of benzene rings is 1. The minimum Gasteiger partial charge on any atom is -0.348 e. The molecule has 4 heterocycles. The second-order valence-corrected chi connectivity index (χ2v) is 8.37. The molecule has 0 spiro atoms. The Morgan fingerprint density at radius 3 is 2.59 bits per heavy atom. The van der Waals surface area contributed by atoms with E-state index in [0.29, 0.717) is 17.8 Å². The molecule has 1 amide bonds. The molecule has 5 nitrogen and oxygen atoms in total. The number of fused-ring (bicyclic) bond motifs is 2. The zero-order valence-corrected chi connectivity index (χ0v) is 15.8. The summed E-state index contributed by atoms with van der Waals surface area (Å²) in [5.74, 6) is -0.0752. The van der Waals surface area contributed by atoms with Crippen molar-refractivity contribution in [2.75, 3.05) is 0 Å². The van der Waals surface area contributed by atoms with Crippen molar-refractivity contribution >= 4 is 17.2 Å². The van der Waals surface area contributed by atoms with Gasteiger partial charge < -0.3 is 10.6 Å². The number of para-hydroxylation sites is 1. The molecule has 2 atom stereocenters. The number of carbonyl (C=O) groups is 1. The molecule has 2 aromatic heterocycles. The van der Waals surface area contributed by atoms with Crippen LogP contribution in [0.5, 0.6) is 0 Å². The van der Waals surface area contributed by atoms with E-state index in [4.69, 9.17) is 0 Å². The molecule has 0 saturated carbocycles. The van der Waals surface area contributed by atoms with Gasteiger partial charge in [0, 0.05) is 18.1 Å². The topological polar surface area (TPSA) is 59.0 Å². The highest BCUT2D eigenvalue weighted by atomic mass is 32.1. The molecule has 2 fully saturated rings. The van der Waals surface area contributed by atoms with Crippen molar-refractivity contribution in [1.82, 2.24) is 20.4 Å². The van der Waals surface area contributed by atoms with Crippen LogP contribution in [0.25, 0.3) is 16.3 Å². The zero-order chi connectivity index (χ0) is 18.2. The predicted octanol–water partition coefficient (Wildman–Crippen LogP) is 3.61. The van der Waals surface area contributed by atoms with Gasteiger partial charge in [0.05, 0.1) is 16.3 Å². The lowest BCUT2D eigenvalue weighted by molar-refractivity contribution is 0.0918. The molecular weight excluding hydrogens is 356 g/mol. The Morgan fingerprint density at radius 1 is 1.11 bits per heavy atom.